The summed E-state index contributed by atoms with van der Waals surface area (Å²) in [6, 6.07) is 19.4. The molecule has 2 aromatic carbocycles. The van der Waals surface area contributed by atoms with Crippen LogP contribution in [0.2, 0.25) is 0 Å². The van der Waals surface area contributed by atoms with Crippen molar-refractivity contribution < 1.29 is 4.39 Å². The molecule has 0 aliphatic rings. The van der Waals surface area contributed by atoms with Crippen LogP contribution in [0.1, 0.15) is 0 Å². The lowest BCUT2D eigenvalue weighted by Gasteiger charge is -2.12. The summed E-state index contributed by atoms with van der Waals surface area (Å²) in [5.41, 5.74) is 3.56. The number of H-pyrrole nitrogens is 1. The highest BCUT2D eigenvalue weighted by Crippen LogP contribution is 2.34. The van der Waals surface area contributed by atoms with Crippen molar-refractivity contribution in [3.8, 4) is 22.4 Å². The zero-order chi connectivity index (χ0) is 19.1. The first kappa shape index (κ1) is 16.3. The van der Waals surface area contributed by atoms with E-state index in [1.807, 2.05) is 30.3 Å². The predicted octanol–water partition coefficient (Wildman–Crippen LogP) is 4.94. The predicted molar refractivity (Wildman–Crippen MR) is 108 cm³/mol. The van der Waals surface area contributed by atoms with E-state index in [1.54, 1.807) is 36.7 Å². The molecule has 0 amide bonds. The molecule has 5 rings (SSSR count). The van der Waals surface area contributed by atoms with Crippen molar-refractivity contribution in [3.05, 3.63) is 95.2 Å². The molecule has 28 heavy (non-hydrogen) atoms. The molecular formula is C23H14FN3O. The van der Waals surface area contributed by atoms with E-state index in [2.05, 4.69) is 15.0 Å². The second kappa shape index (κ2) is 6.39. The van der Waals surface area contributed by atoms with Gasteiger partial charge in [0.05, 0.1) is 16.6 Å². The number of hydrogen-bond acceptors (Lipinski definition) is 3. The Balaban J connectivity index is 1.87. The number of aromatic amines is 1. The topological polar surface area (TPSA) is 58.6 Å². The Bertz CT molecular complexity index is 1410. The molecule has 0 bridgehead atoms. The third-order valence-electron chi connectivity index (χ3n) is 4.79. The van der Waals surface area contributed by atoms with Crippen molar-refractivity contribution >= 4 is 21.9 Å². The number of fused-ring (bicyclic) bond motifs is 2. The average molecular weight is 367 g/mol. The molecule has 0 saturated heterocycles. The second-order valence-electron chi connectivity index (χ2n) is 6.51. The van der Waals surface area contributed by atoms with E-state index in [0.717, 1.165) is 16.5 Å². The molecule has 0 radical (unpaired) electrons. The van der Waals surface area contributed by atoms with E-state index in [1.165, 1.54) is 12.1 Å². The molecule has 0 fully saturated rings. The summed E-state index contributed by atoms with van der Waals surface area (Å²) in [5.74, 6) is -0.365. The molecule has 4 nitrogen and oxygen atoms in total. The van der Waals surface area contributed by atoms with Crippen molar-refractivity contribution in [1.82, 2.24) is 15.0 Å². The van der Waals surface area contributed by atoms with Crippen molar-refractivity contribution in [2.45, 2.75) is 0 Å². The van der Waals surface area contributed by atoms with Crippen molar-refractivity contribution in [3.63, 3.8) is 0 Å². The Kier molecular flexibility index (Phi) is 3.72. The molecule has 0 unspecified atom stereocenters. The van der Waals surface area contributed by atoms with Gasteiger partial charge in [0.2, 0.25) is 0 Å². The Labute approximate surface area is 159 Å². The zero-order valence-electron chi connectivity index (χ0n) is 14.7. The van der Waals surface area contributed by atoms with Gasteiger partial charge in [-0.1, -0.05) is 24.3 Å². The van der Waals surface area contributed by atoms with Crippen LogP contribution in [-0.4, -0.2) is 15.0 Å². The standard InChI is InChI=1S/C23H14FN3O/c24-19-6-2-1-5-16(19)22-17(13-18-21(28)9-11-26-23(18)27-22)14-7-8-20-15(12-14)4-3-10-25-20/h1-13H,(H,26,27,28). The summed E-state index contributed by atoms with van der Waals surface area (Å²) < 4.78 is 14.6. The SMILES string of the molecule is O=c1cc[nH]c2nc(-c3ccccc3F)c(-c3ccc4ncccc4c3)cc12. The maximum Gasteiger partial charge on any atom is 0.191 e. The summed E-state index contributed by atoms with van der Waals surface area (Å²) >= 11 is 0. The summed E-state index contributed by atoms with van der Waals surface area (Å²) in [7, 11) is 0. The molecular weight excluding hydrogens is 353 g/mol. The van der Waals surface area contributed by atoms with Crippen LogP contribution < -0.4 is 5.43 Å². The minimum atomic E-state index is -0.365. The Morgan fingerprint density at radius 2 is 1.79 bits per heavy atom. The second-order valence-corrected chi connectivity index (χ2v) is 6.51. The number of aromatic nitrogens is 3. The number of hydrogen-bond donors (Lipinski definition) is 1. The molecule has 134 valence electrons. The van der Waals surface area contributed by atoms with Crippen molar-refractivity contribution in [1.29, 1.82) is 0 Å². The first-order valence-electron chi connectivity index (χ1n) is 8.83. The van der Waals surface area contributed by atoms with Crippen LogP contribution in [0.15, 0.2) is 83.9 Å². The van der Waals surface area contributed by atoms with Crippen LogP contribution >= 0.6 is 0 Å². The Morgan fingerprint density at radius 3 is 2.68 bits per heavy atom. The molecule has 5 heteroatoms. The molecule has 5 aromatic rings. The molecule has 3 aromatic heterocycles. The minimum absolute atomic E-state index is 0.134. The zero-order valence-corrected chi connectivity index (χ0v) is 14.7. The van der Waals surface area contributed by atoms with Gasteiger partial charge in [-0.3, -0.25) is 9.78 Å². The highest BCUT2D eigenvalue weighted by Gasteiger charge is 2.16. The van der Waals surface area contributed by atoms with Crippen LogP contribution in [0, 0.1) is 5.82 Å². The van der Waals surface area contributed by atoms with Gasteiger partial charge in [-0.2, -0.15) is 0 Å². The van der Waals surface area contributed by atoms with Crippen LogP contribution in [0.25, 0.3) is 44.3 Å². The number of nitrogens with zero attached hydrogens (tertiary/aromatic N) is 2. The van der Waals surface area contributed by atoms with Gasteiger partial charge in [0.1, 0.15) is 11.5 Å². The summed E-state index contributed by atoms with van der Waals surface area (Å²) in [5, 5.41) is 1.42. The van der Waals surface area contributed by atoms with Gasteiger partial charge < -0.3 is 4.98 Å². The van der Waals surface area contributed by atoms with Crippen molar-refractivity contribution in [2.24, 2.45) is 0 Å². The monoisotopic (exact) mass is 367 g/mol. The summed E-state index contributed by atoms with van der Waals surface area (Å²) in [6.07, 6.45) is 3.29. The largest absolute Gasteiger partial charge is 0.346 e. The van der Waals surface area contributed by atoms with Gasteiger partial charge >= 0.3 is 0 Å². The van der Waals surface area contributed by atoms with E-state index >= 15 is 0 Å². The van der Waals surface area contributed by atoms with E-state index in [-0.39, 0.29) is 11.2 Å². The minimum Gasteiger partial charge on any atom is -0.346 e. The molecule has 0 aliphatic heterocycles. The number of pyridine rings is 3. The number of rotatable bonds is 2. The molecule has 0 atom stereocenters. The number of halogens is 1. The fourth-order valence-corrected chi connectivity index (χ4v) is 3.42. The van der Waals surface area contributed by atoms with Crippen LogP contribution in [0.3, 0.4) is 0 Å². The quantitative estimate of drug-likeness (QED) is 0.480. The summed E-state index contributed by atoms with van der Waals surface area (Å²) in [4.78, 5) is 24.3. The van der Waals surface area contributed by atoms with Crippen LogP contribution in [-0.2, 0) is 0 Å². The number of nitrogens with one attached hydrogen (secondary N) is 1. The van der Waals surface area contributed by atoms with Gasteiger partial charge in [0, 0.05) is 35.0 Å². The van der Waals surface area contributed by atoms with E-state index < -0.39 is 0 Å². The fourth-order valence-electron chi connectivity index (χ4n) is 3.42. The van der Waals surface area contributed by atoms with Gasteiger partial charge in [0.15, 0.2) is 5.43 Å². The maximum atomic E-state index is 14.6. The lowest BCUT2D eigenvalue weighted by atomic mass is 9.96. The highest BCUT2D eigenvalue weighted by atomic mass is 19.1. The maximum absolute atomic E-state index is 14.6. The Morgan fingerprint density at radius 1 is 0.893 bits per heavy atom. The van der Waals surface area contributed by atoms with Gasteiger partial charge in [0.25, 0.3) is 0 Å². The third-order valence-corrected chi connectivity index (χ3v) is 4.79. The number of benzene rings is 2. The smallest absolute Gasteiger partial charge is 0.191 e. The first-order chi connectivity index (χ1) is 13.7. The van der Waals surface area contributed by atoms with Gasteiger partial charge in [-0.05, 0) is 42.0 Å². The molecule has 0 aliphatic carbocycles. The average Bonchev–Trinajstić information content (AvgIpc) is 2.73. The van der Waals surface area contributed by atoms with Gasteiger partial charge in [-0.15, -0.1) is 0 Å². The van der Waals surface area contributed by atoms with E-state index in [4.69, 9.17) is 0 Å². The normalized spacial score (nSPS) is 11.2. The molecule has 0 saturated carbocycles. The highest BCUT2D eigenvalue weighted by molar-refractivity contribution is 5.93. The van der Waals surface area contributed by atoms with E-state index in [9.17, 15) is 9.18 Å². The van der Waals surface area contributed by atoms with Crippen LogP contribution in [0.5, 0.6) is 0 Å². The summed E-state index contributed by atoms with van der Waals surface area (Å²) in [6.45, 7) is 0. The van der Waals surface area contributed by atoms with Crippen LogP contribution in [0.4, 0.5) is 4.39 Å². The first-order valence-corrected chi connectivity index (χ1v) is 8.83. The molecule has 1 N–H and O–H groups in total. The van der Waals surface area contributed by atoms with Gasteiger partial charge in [-0.25, -0.2) is 9.37 Å². The third kappa shape index (κ3) is 2.65. The lowest BCUT2D eigenvalue weighted by Crippen LogP contribution is -2.04. The van der Waals surface area contributed by atoms with E-state index in [0.29, 0.717) is 27.9 Å². The molecule has 3 heterocycles. The Hall–Kier alpha value is -3.86. The fraction of sp³-hybridized carbons (Fsp3) is 0. The lowest BCUT2D eigenvalue weighted by molar-refractivity contribution is 0.631. The molecule has 0 spiro atoms. The van der Waals surface area contributed by atoms with Crippen molar-refractivity contribution in [2.75, 3.05) is 0 Å².